The van der Waals surface area contributed by atoms with Gasteiger partial charge in [0.1, 0.15) is 11.6 Å². The van der Waals surface area contributed by atoms with Gasteiger partial charge in [-0.05, 0) is 37.6 Å². The Morgan fingerprint density at radius 1 is 1.39 bits per heavy atom. The van der Waals surface area contributed by atoms with Crippen molar-refractivity contribution in [3.05, 3.63) is 40.8 Å². The van der Waals surface area contributed by atoms with Crippen molar-refractivity contribution in [2.45, 2.75) is 20.5 Å². The summed E-state index contributed by atoms with van der Waals surface area (Å²) in [6.45, 7) is 3.42. The Morgan fingerprint density at radius 3 is 2.72 bits per heavy atom. The van der Waals surface area contributed by atoms with E-state index in [0.717, 1.165) is 5.69 Å². The Hall–Kier alpha value is -1.88. The van der Waals surface area contributed by atoms with Gasteiger partial charge in [0, 0.05) is 7.05 Å². The lowest BCUT2D eigenvalue weighted by atomic mass is 10.2. The zero-order valence-corrected chi connectivity index (χ0v) is 10.6. The van der Waals surface area contributed by atoms with E-state index in [0.29, 0.717) is 22.8 Å². The van der Waals surface area contributed by atoms with Crippen LogP contribution in [0.4, 0.5) is 4.39 Å². The molecule has 0 amide bonds. The molecule has 0 aliphatic heterocycles. The zero-order chi connectivity index (χ0) is 13.3. The molecule has 0 saturated heterocycles. The SMILES string of the molecule is Cc1cc(F)ccc1Oc1c(CO)c(C)nn1C. The van der Waals surface area contributed by atoms with Crippen molar-refractivity contribution in [2.75, 3.05) is 0 Å². The van der Waals surface area contributed by atoms with Crippen LogP contribution in [-0.2, 0) is 13.7 Å². The second kappa shape index (κ2) is 4.78. The van der Waals surface area contributed by atoms with E-state index in [1.165, 1.54) is 12.1 Å². The Kier molecular flexibility index (Phi) is 3.34. The van der Waals surface area contributed by atoms with Gasteiger partial charge in [-0.2, -0.15) is 5.10 Å². The van der Waals surface area contributed by atoms with Crippen LogP contribution < -0.4 is 4.74 Å². The van der Waals surface area contributed by atoms with E-state index < -0.39 is 0 Å². The van der Waals surface area contributed by atoms with Crippen LogP contribution in [0.2, 0.25) is 0 Å². The lowest BCUT2D eigenvalue weighted by molar-refractivity contribution is 0.274. The van der Waals surface area contributed by atoms with E-state index in [1.807, 2.05) is 0 Å². The van der Waals surface area contributed by atoms with Crippen molar-refractivity contribution < 1.29 is 14.2 Å². The van der Waals surface area contributed by atoms with Crippen LogP contribution in [0.25, 0.3) is 0 Å². The molecular formula is C13H15FN2O2. The highest BCUT2D eigenvalue weighted by molar-refractivity contribution is 5.39. The van der Waals surface area contributed by atoms with Crippen LogP contribution in [0.1, 0.15) is 16.8 Å². The van der Waals surface area contributed by atoms with Gasteiger partial charge in [0.15, 0.2) is 0 Å². The molecule has 1 aromatic carbocycles. The molecule has 0 fully saturated rings. The number of nitrogens with zero attached hydrogens (tertiary/aromatic N) is 2. The standard InChI is InChI=1S/C13H15FN2O2/c1-8-6-10(14)4-5-12(8)18-13-11(7-17)9(2)15-16(13)3/h4-6,17H,7H2,1-3H3. The minimum atomic E-state index is -0.302. The molecule has 0 atom stereocenters. The van der Waals surface area contributed by atoms with E-state index in [2.05, 4.69) is 5.10 Å². The minimum absolute atomic E-state index is 0.144. The van der Waals surface area contributed by atoms with Crippen LogP contribution >= 0.6 is 0 Å². The normalized spacial score (nSPS) is 10.7. The van der Waals surface area contributed by atoms with Gasteiger partial charge in [-0.15, -0.1) is 0 Å². The van der Waals surface area contributed by atoms with Crippen molar-refractivity contribution >= 4 is 0 Å². The molecule has 2 aromatic rings. The number of hydrogen-bond acceptors (Lipinski definition) is 3. The van der Waals surface area contributed by atoms with Crippen LogP contribution in [0.15, 0.2) is 18.2 Å². The number of rotatable bonds is 3. The number of aryl methyl sites for hydroxylation is 3. The van der Waals surface area contributed by atoms with E-state index in [4.69, 9.17) is 4.74 Å². The van der Waals surface area contributed by atoms with Gasteiger partial charge in [-0.1, -0.05) is 0 Å². The molecule has 0 unspecified atom stereocenters. The zero-order valence-electron chi connectivity index (χ0n) is 10.6. The maximum atomic E-state index is 13.0. The summed E-state index contributed by atoms with van der Waals surface area (Å²) in [4.78, 5) is 0. The molecule has 2 rings (SSSR count). The quantitative estimate of drug-likeness (QED) is 0.910. The Bertz CT molecular complexity index is 579. The van der Waals surface area contributed by atoms with Crippen molar-refractivity contribution in [3.63, 3.8) is 0 Å². The molecule has 0 spiro atoms. The number of aliphatic hydroxyl groups is 1. The predicted octanol–water partition coefficient (Wildman–Crippen LogP) is 2.46. The predicted molar refractivity (Wildman–Crippen MR) is 65.1 cm³/mol. The molecule has 4 nitrogen and oxygen atoms in total. The van der Waals surface area contributed by atoms with Crippen molar-refractivity contribution in [1.29, 1.82) is 0 Å². The van der Waals surface area contributed by atoms with Crippen LogP contribution in [0.5, 0.6) is 11.6 Å². The summed E-state index contributed by atoms with van der Waals surface area (Å²) < 4.78 is 20.3. The highest BCUT2D eigenvalue weighted by Crippen LogP contribution is 2.29. The summed E-state index contributed by atoms with van der Waals surface area (Å²) in [5.74, 6) is 0.724. The highest BCUT2D eigenvalue weighted by atomic mass is 19.1. The number of benzene rings is 1. The Morgan fingerprint density at radius 2 is 2.11 bits per heavy atom. The molecule has 5 heteroatoms. The number of hydrogen-bond donors (Lipinski definition) is 1. The maximum Gasteiger partial charge on any atom is 0.223 e. The van der Waals surface area contributed by atoms with E-state index in [-0.39, 0.29) is 12.4 Å². The monoisotopic (exact) mass is 250 g/mol. The lowest BCUT2D eigenvalue weighted by Crippen LogP contribution is -1.98. The minimum Gasteiger partial charge on any atom is -0.439 e. The van der Waals surface area contributed by atoms with Gasteiger partial charge in [0.2, 0.25) is 5.88 Å². The van der Waals surface area contributed by atoms with Crippen molar-refractivity contribution in [3.8, 4) is 11.6 Å². The summed E-state index contributed by atoms with van der Waals surface area (Å²) in [6.07, 6.45) is 0. The van der Waals surface area contributed by atoms with E-state index >= 15 is 0 Å². The van der Waals surface area contributed by atoms with Crippen molar-refractivity contribution in [2.24, 2.45) is 7.05 Å². The fraction of sp³-hybridized carbons (Fsp3) is 0.308. The molecule has 1 N–H and O–H groups in total. The average molecular weight is 250 g/mol. The summed E-state index contributed by atoms with van der Waals surface area (Å²) in [6, 6.07) is 4.30. The molecule has 1 heterocycles. The highest BCUT2D eigenvalue weighted by Gasteiger charge is 2.15. The summed E-state index contributed by atoms with van der Waals surface area (Å²) in [5, 5.41) is 13.5. The molecule has 0 radical (unpaired) electrons. The first-order valence-corrected chi connectivity index (χ1v) is 5.60. The van der Waals surface area contributed by atoms with Crippen LogP contribution in [0, 0.1) is 19.7 Å². The molecule has 96 valence electrons. The lowest BCUT2D eigenvalue weighted by Gasteiger charge is -2.10. The summed E-state index contributed by atoms with van der Waals surface area (Å²) in [5.41, 5.74) is 2.05. The maximum absolute atomic E-state index is 13.0. The molecule has 0 aliphatic carbocycles. The molecule has 18 heavy (non-hydrogen) atoms. The largest absolute Gasteiger partial charge is 0.439 e. The topological polar surface area (TPSA) is 47.3 Å². The molecule has 0 aliphatic rings. The van der Waals surface area contributed by atoms with Gasteiger partial charge in [-0.3, -0.25) is 0 Å². The first-order chi connectivity index (χ1) is 8.52. The first-order valence-electron chi connectivity index (χ1n) is 5.60. The number of aromatic nitrogens is 2. The van der Waals surface area contributed by atoms with Crippen LogP contribution in [-0.4, -0.2) is 14.9 Å². The van der Waals surface area contributed by atoms with Gasteiger partial charge in [0.05, 0.1) is 17.9 Å². The summed E-state index contributed by atoms with van der Waals surface area (Å²) >= 11 is 0. The third-order valence-electron chi connectivity index (χ3n) is 2.79. The summed E-state index contributed by atoms with van der Waals surface area (Å²) in [7, 11) is 1.74. The number of ether oxygens (including phenoxy) is 1. The molecule has 0 saturated carbocycles. The van der Waals surface area contributed by atoms with Gasteiger partial charge in [0.25, 0.3) is 0 Å². The fourth-order valence-corrected chi connectivity index (χ4v) is 1.82. The number of halogens is 1. The Balaban J connectivity index is 2.39. The molecule has 1 aromatic heterocycles. The Labute approximate surface area is 105 Å². The molecule has 0 bridgehead atoms. The van der Waals surface area contributed by atoms with E-state index in [1.54, 1.807) is 31.6 Å². The van der Waals surface area contributed by atoms with Gasteiger partial charge >= 0.3 is 0 Å². The van der Waals surface area contributed by atoms with Gasteiger partial charge in [-0.25, -0.2) is 9.07 Å². The second-order valence-corrected chi connectivity index (χ2v) is 4.16. The fourth-order valence-electron chi connectivity index (χ4n) is 1.82. The first kappa shape index (κ1) is 12.6. The molecular weight excluding hydrogens is 235 g/mol. The van der Waals surface area contributed by atoms with Gasteiger partial charge < -0.3 is 9.84 Å². The van der Waals surface area contributed by atoms with E-state index in [9.17, 15) is 9.50 Å². The third kappa shape index (κ3) is 2.22. The average Bonchev–Trinajstić information content (AvgIpc) is 2.57. The van der Waals surface area contributed by atoms with Crippen molar-refractivity contribution in [1.82, 2.24) is 9.78 Å². The third-order valence-corrected chi connectivity index (χ3v) is 2.79. The van der Waals surface area contributed by atoms with Crippen LogP contribution in [0.3, 0.4) is 0 Å². The smallest absolute Gasteiger partial charge is 0.223 e. The second-order valence-electron chi connectivity index (χ2n) is 4.16. The number of aliphatic hydroxyl groups excluding tert-OH is 1.